The predicted octanol–water partition coefficient (Wildman–Crippen LogP) is 4.49. The van der Waals surface area contributed by atoms with Gasteiger partial charge in [0.2, 0.25) is 0 Å². The number of carbonyl (C=O) groups excluding carboxylic acids is 1. The van der Waals surface area contributed by atoms with Gasteiger partial charge in [-0.3, -0.25) is 14.8 Å². The minimum atomic E-state index is -3.99. The van der Waals surface area contributed by atoms with Crippen molar-refractivity contribution in [1.82, 2.24) is 4.98 Å². The number of amides is 1. The molecule has 1 aromatic heterocycles. The minimum Gasteiger partial charge on any atom is -0.298 e. The number of nitrogens with zero attached hydrogens (tertiary/aromatic N) is 1. The van der Waals surface area contributed by atoms with E-state index < -0.39 is 21.7 Å². The molecule has 4 aromatic rings. The van der Waals surface area contributed by atoms with E-state index in [9.17, 15) is 17.6 Å². The zero-order chi connectivity index (χ0) is 20.4. The lowest BCUT2D eigenvalue weighted by molar-refractivity contribution is 0.102. The van der Waals surface area contributed by atoms with Crippen LogP contribution >= 0.6 is 11.3 Å². The van der Waals surface area contributed by atoms with Gasteiger partial charge in [-0.15, -0.1) is 0 Å². The van der Waals surface area contributed by atoms with Crippen LogP contribution in [0, 0.1) is 5.82 Å². The van der Waals surface area contributed by atoms with Gasteiger partial charge in [-0.1, -0.05) is 35.6 Å². The van der Waals surface area contributed by atoms with E-state index in [-0.39, 0.29) is 16.1 Å². The first-order valence-corrected chi connectivity index (χ1v) is 10.8. The summed E-state index contributed by atoms with van der Waals surface area (Å²) < 4.78 is 41.6. The van der Waals surface area contributed by atoms with Crippen LogP contribution < -0.4 is 10.0 Å². The monoisotopic (exact) mass is 427 g/mol. The third-order valence-corrected chi connectivity index (χ3v) is 6.39. The fourth-order valence-electron chi connectivity index (χ4n) is 2.68. The first-order valence-electron chi connectivity index (χ1n) is 8.47. The van der Waals surface area contributed by atoms with Gasteiger partial charge in [0, 0.05) is 0 Å². The van der Waals surface area contributed by atoms with E-state index >= 15 is 0 Å². The minimum absolute atomic E-state index is 0.107. The maximum absolute atomic E-state index is 13.1. The SMILES string of the molecule is O=C(Nc1nc2ccccc2s1)c1ccccc1NS(=O)(=O)c1ccc(F)cc1. The lowest BCUT2D eigenvalue weighted by Crippen LogP contribution is -2.18. The highest BCUT2D eigenvalue weighted by Crippen LogP contribution is 2.27. The van der Waals surface area contributed by atoms with Crippen molar-refractivity contribution in [3.63, 3.8) is 0 Å². The van der Waals surface area contributed by atoms with Gasteiger partial charge >= 0.3 is 0 Å². The van der Waals surface area contributed by atoms with E-state index in [2.05, 4.69) is 15.0 Å². The number of rotatable bonds is 5. The summed E-state index contributed by atoms with van der Waals surface area (Å²) >= 11 is 1.32. The summed E-state index contributed by atoms with van der Waals surface area (Å²) in [5, 5.41) is 3.11. The van der Waals surface area contributed by atoms with Crippen molar-refractivity contribution >= 4 is 48.3 Å². The first-order chi connectivity index (χ1) is 13.9. The van der Waals surface area contributed by atoms with E-state index in [1.54, 1.807) is 12.1 Å². The Kier molecular flexibility index (Phi) is 4.99. The molecule has 0 unspecified atom stereocenters. The zero-order valence-electron chi connectivity index (χ0n) is 14.8. The fourth-order valence-corrected chi connectivity index (χ4v) is 4.62. The molecular weight excluding hydrogens is 413 g/mol. The molecule has 146 valence electrons. The standard InChI is InChI=1S/C20H14FN3O3S2/c21-13-9-11-14(12-10-13)29(26,27)24-16-6-2-1-5-15(16)19(25)23-20-22-17-7-3-4-8-18(17)28-20/h1-12,24H,(H,22,23,25). The van der Waals surface area contributed by atoms with Crippen LogP contribution in [-0.2, 0) is 10.0 Å². The molecule has 3 aromatic carbocycles. The largest absolute Gasteiger partial charge is 0.298 e. The summed E-state index contributed by atoms with van der Waals surface area (Å²) in [6.45, 7) is 0. The number of hydrogen-bond acceptors (Lipinski definition) is 5. The van der Waals surface area contributed by atoms with Crippen LogP contribution in [0.2, 0.25) is 0 Å². The summed E-state index contributed by atoms with van der Waals surface area (Å²) in [5.41, 5.74) is 1.01. The number of para-hydroxylation sites is 2. The molecule has 0 radical (unpaired) electrons. The lowest BCUT2D eigenvalue weighted by atomic mass is 10.2. The Balaban J connectivity index is 1.60. The average molecular weight is 427 g/mol. The van der Waals surface area contributed by atoms with Crippen LogP contribution in [0.1, 0.15) is 10.4 Å². The Labute approximate surface area is 170 Å². The number of sulfonamides is 1. The normalized spacial score (nSPS) is 11.3. The van der Waals surface area contributed by atoms with Crippen molar-refractivity contribution in [1.29, 1.82) is 0 Å². The van der Waals surface area contributed by atoms with E-state index in [1.165, 1.54) is 23.5 Å². The lowest BCUT2D eigenvalue weighted by Gasteiger charge is -2.12. The highest BCUT2D eigenvalue weighted by molar-refractivity contribution is 7.92. The number of aromatic nitrogens is 1. The average Bonchev–Trinajstić information content (AvgIpc) is 3.10. The first kappa shape index (κ1) is 19.0. The molecule has 4 rings (SSSR count). The number of hydrogen-bond donors (Lipinski definition) is 2. The van der Waals surface area contributed by atoms with E-state index in [4.69, 9.17) is 0 Å². The summed E-state index contributed by atoms with van der Waals surface area (Å²) in [6.07, 6.45) is 0. The molecule has 0 atom stereocenters. The van der Waals surface area contributed by atoms with E-state index in [1.807, 2.05) is 24.3 Å². The van der Waals surface area contributed by atoms with Crippen LogP contribution in [-0.4, -0.2) is 19.3 Å². The smallest absolute Gasteiger partial charge is 0.261 e. The van der Waals surface area contributed by atoms with Crippen molar-refractivity contribution in [3.05, 3.63) is 84.2 Å². The molecule has 1 heterocycles. The molecule has 29 heavy (non-hydrogen) atoms. The second-order valence-electron chi connectivity index (χ2n) is 6.05. The van der Waals surface area contributed by atoms with E-state index in [0.29, 0.717) is 5.13 Å². The van der Waals surface area contributed by atoms with Gasteiger partial charge in [0.25, 0.3) is 15.9 Å². The van der Waals surface area contributed by atoms with Gasteiger partial charge in [0.05, 0.1) is 26.4 Å². The maximum Gasteiger partial charge on any atom is 0.261 e. The van der Waals surface area contributed by atoms with Gasteiger partial charge in [0.1, 0.15) is 5.82 Å². The Morgan fingerprint density at radius 1 is 0.931 bits per heavy atom. The van der Waals surface area contributed by atoms with Crippen LogP contribution in [0.25, 0.3) is 10.2 Å². The summed E-state index contributed by atoms with van der Waals surface area (Å²) in [7, 11) is -3.99. The van der Waals surface area contributed by atoms with Crippen LogP contribution in [0.4, 0.5) is 15.2 Å². The number of benzene rings is 3. The second kappa shape index (κ2) is 7.61. The summed E-state index contributed by atoms with van der Waals surface area (Å²) in [6, 6.07) is 18.1. The molecule has 0 bridgehead atoms. The number of anilines is 2. The van der Waals surface area contributed by atoms with Crippen molar-refractivity contribution in [3.8, 4) is 0 Å². The predicted molar refractivity (Wildman–Crippen MR) is 111 cm³/mol. The third kappa shape index (κ3) is 4.10. The summed E-state index contributed by atoms with van der Waals surface area (Å²) in [4.78, 5) is 17.0. The number of thiazole rings is 1. The molecule has 1 amide bonds. The quantitative estimate of drug-likeness (QED) is 0.491. The topological polar surface area (TPSA) is 88.2 Å². The third-order valence-electron chi connectivity index (χ3n) is 4.05. The van der Waals surface area contributed by atoms with Gasteiger partial charge in [0.15, 0.2) is 5.13 Å². The van der Waals surface area contributed by atoms with Crippen molar-refractivity contribution in [2.45, 2.75) is 4.90 Å². The van der Waals surface area contributed by atoms with Crippen molar-refractivity contribution in [2.75, 3.05) is 10.0 Å². The van der Waals surface area contributed by atoms with Crippen LogP contribution in [0.15, 0.2) is 77.7 Å². The van der Waals surface area contributed by atoms with Crippen molar-refractivity contribution in [2.24, 2.45) is 0 Å². The Bertz CT molecular complexity index is 1270. The number of carbonyl (C=O) groups is 1. The van der Waals surface area contributed by atoms with Gasteiger partial charge in [-0.25, -0.2) is 17.8 Å². The Morgan fingerprint density at radius 3 is 2.38 bits per heavy atom. The maximum atomic E-state index is 13.1. The van der Waals surface area contributed by atoms with Gasteiger partial charge in [-0.05, 0) is 48.5 Å². The van der Waals surface area contributed by atoms with Gasteiger partial charge < -0.3 is 0 Å². The molecular formula is C20H14FN3O3S2. The molecule has 2 N–H and O–H groups in total. The molecule has 6 nitrogen and oxygen atoms in total. The van der Waals surface area contributed by atoms with Crippen LogP contribution in [0.3, 0.4) is 0 Å². The molecule has 0 saturated heterocycles. The highest BCUT2D eigenvalue weighted by atomic mass is 32.2. The molecule has 0 spiro atoms. The molecule has 0 aliphatic rings. The van der Waals surface area contributed by atoms with Crippen LogP contribution in [0.5, 0.6) is 0 Å². The van der Waals surface area contributed by atoms with E-state index in [0.717, 1.165) is 34.5 Å². The number of nitrogens with one attached hydrogen (secondary N) is 2. The molecule has 0 saturated carbocycles. The zero-order valence-corrected chi connectivity index (χ0v) is 16.4. The fraction of sp³-hybridized carbons (Fsp3) is 0. The second-order valence-corrected chi connectivity index (χ2v) is 8.76. The molecule has 9 heteroatoms. The number of halogens is 1. The van der Waals surface area contributed by atoms with Crippen molar-refractivity contribution < 1.29 is 17.6 Å². The molecule has 0 fully saturated rings. The molecule has 0 aliphatic heterocycles. The Morgan fingerprint density at radius 2 is 1.62 bits per heavy atom. The Hall–Kier alpha value is -3.30. The summed E-state index contributed by atoms with van der Waals surface area (Å²) in [5.74, 6) is -1.04. The highest BCUT2D eigenvalue weighted by Gasteiger charge is 2.19. The number of fused-ring (bicyclic) bond motifs is 1. The van der Waals surface area contributed by atoms with Gasteiger partial charge in [-0.2, -0.15) is 0 Å². The molecule has 0 aliphatic carbocycles.